The number of amides is 3. The molecule has 2 heterocycles. The lowest BCUT2D eigenvalue weighted by Gasteiger charge is -2.30. The second-order valence-corrected chi connectivity index (χ2v) is 6.11. The fraction of sp³-hybridized carbons (Fsp3) is 0.538. The lowest BCUT2D eigenvalue weighted by Crippen LogP contribution is -2.61. The molecule has 1 saturated heterocycles. The number of carbonyl (C=O) groups excluding carboxylic acids is 2. The van der Waals surface area contributed by atoms with E-state index in [2.05, 4.69) is 11.6 Å². The number of rotatable bonds is 4. The molecule has 0 aliphatic carbocycles. The maximum absolute atomic E-state index is 12.4. The lowest BCUT2D eigenvalue weighted by molar-refractivity contribution is -0.524. The summed E-state index contributed by atoms with van der Waals surface area (Å²) in [7, 11) is 3.07. The van der Waals surface area contributed by atoms with E-state index in [4.69, 9.17) is 5.11 Å². The average molecular weight is 311 g/mol. The Balaban J connectivity index is 2.42. The molecule has 0 bridgehead atoms. The highest BCUT2D eigenvalue weighted by atomic mass is 32.2. The molecule has 0 aromatic heterocycles. The maximum Gasteiger partial charge on any atom is 0.358 e. The largest absolute Gasteiger partial charge is 0.396 e. The van der Waals surface area contributed by atoms with Crippen LogP contribution in [0.3, 0.4) is 0 Å². The van der Waals surface area contributed by atoms with Gasteiger partial charge >= 0.3 is 11.2 Å². The summed E-state index contributed by atoms with van der Waals surface area (Å²) in [6.07, 6.45) is 0. The fourth-order valence-corrected chi connectivity index (χ4v) is 3.05. The smallest absolute Gasteiger partial charge is 0.358 e. The highest BCUT2D eigenvalue weighted by molar-refractivity contribution is 8.13. The van der Waals surface area contributed by atoms with Crippen molar-refractivity contribution in [3.8, 4) is 0 Å². The van der Waals surface area contributed by atoms with Crippen LogP contribution in [-0.2, 0) is 4.79 Å². The van der Waals surface area contributed by atoms with Crippen molar-refractivity contribution in [1.82, 2.24) is 9.80 Å². The quantitative estimate of drug-likeness (QED) is 0.584. The van der Waals surface area contributed by atoms with Gasteiger partial charge in [-0.2, -0.15) is 0 Å². The van der Waals surface area contributed by atoms with E-state index in [-0.39, 0.29) is 12.5 Å². The first kappa shape index (κ1) is 15.7. The fourth-order valence-electron chi connectivity index (χ4n) is 2.28. The summed E-state index contributed by atoms with van der Waals surface area (Å²) in [5.74, 6) is 0.621. The third kappa shape index (κ3) is 2.73. The second-order valence-electron chi connectivity index (χ2n) is 5.05. The Morgan fingerprint density at radius 1 is 1.43 bits per heavy atom. The van der Waals surface area contributed by atoms with E-state index in [1.807, 2.05) is 11.5 Å². The molecule has 1 fully saturated rings. The van der Waals surface area contributed by atoms with E-state index in [1.165, 1.54) is 23.7 Å². The molecule has 1 unspecified atom stereocenters. The minimum atomic E-state index is -0.601. The molecule has 8 heteroatoms. The molecule has 0 radical (unpaired) electrons. The Labute approximate surface area is 127 Å². The van der Waals surface area contributed by atoms with Crippen LogP contribution in [-0.4, -0.2) is 81.5 Å². The second kappa shape index (κ2) is 5.98. The number of carbonyl (C=O) groups is 2. The molecule has 2 rings (SSSR count). The highest BCUT2D eigenvalue weighted by Crippen LogP contribution is 2.23. The number of likely N-dealkylation sites (N-methyl/N-ethyl adjacent to an activating group) is 2. The van der Waals surface area contributed by atoms with Gasteiger partial charge in [-0.3, -0.25) is 14.6 Å². The molecule has 114 valence electrons. The van der Waals surface area contributed by atoms with Crippen LogP contribution in [0.15, 0.2) is 17.1 Å². The zero-order valence-corrected chi connectivity index (χ0v) is 13.2. The molecule has 0 saturated carbocycles. The number of nitrogens with zero attached hydrogens (tertiary/aromatic N) is 4. The van der Waals surface area contributed by atoms with Gasteiger partial charge in [0.05, 0.1) is 6.61 Å². The summed E-state index contributed by atoms with van der Waals surface area (Å²) in [5.41, 5.74) is 0.892. The summed E-state index contributed by atoms with van der Waals surface area (Å²) in [5, 5.41) is 9.62. The first-order chi connectivity index (χ1) is 9.88. The summed E-state index contributed by atoms with van der Waals surface area (Å²) >= 11 is 1.36. The molecule has 2 aliphatic heterocycles. The summed E-state index contributed by atoms with van der Waals surface area (Å²) in [6, 6.07) is -0.991. The monoisotopic (exact) mass is 311 g/mol. The molecular formula is C13H19N4O3S+. The van der Waals surface area contributed by atoms with Crippen LogP contribution in [0.5, 0.6) is 0 Å². The van der Waals surface area contributed by atoms with Gasteiger partial charge in [0.25, 0.3) is 17.8 Å². The van der Waals surface area contributed by atoms with Crippen molar-refractivity contribution in [2.45, 2.75) is 13.0 Å². The van der Waals surface area contributed by atoms with Gasteiger partial charge in [0.15, 0.2) is 0 Å². The molecule has 0 aromatic carbocycles. The Morgan fingerprint density at radius 3 is 2.67 bits per heavy atom. The van der Waals surface area contributed by atoms with Crippen LogP contribution in [0.1, 0.15) is 6.92 Å². The van der Waals surface area contributed by atoms with Crippen LogP contribution in [0, 0.1) is 0 Å². The number of imide groups is 1. The molecule has 0 spiro atoms. The Bertz CT molecular complexity index is 570. The Kier molecular flexibility index (Phi) is 4.48. The highest BCUT2D eigenvalue weighted by Gasteiger charge is 2.52. The number of aliphatic imine (C=N–C) groups is 1. The minimum absolute atomic E-state index is 0.0210. The van der Waals surface area contributed by atoms with Crippen molar-refractivity contribution in [1.29, 1.82) is 0 Å². The van der Waals surface area contributed by atoms with Crippen LogP contribution in [0.25, 0.3) is 0 Å². The zero-order chi connectivity index (χ0) is 15.7. The minimum Gasteiger partial charge on any atom is -0.396 e. The number of fused-ring (bicyclic) bond motifs is 1. The predicted molar refractivity (Wildman–Crippen MR) is 81.6 cm³/mol. The van der Waals surface area contributed by atoms with Crippen LogP contribution in [0.2, 0.25) is 0 Å². The first-order valence-corrected chi connectivity index (χ1v) is 7.52. The van der Waals surface area contributed by atoms with Crippen LogP contribution in [0.4, 0.5) is 4.79 Å². The standard InChI is InChI=1S/C13H19N4O3S/c1-8(2)7-17-9-10(14-12(17)21-6-5-18)15(3)13(20)16(4)11(9)19/h9,18H,1,5-7H2,2-4H3/q+1. The van der Waals surface area contributed by atoms with Crippen LogP contribution >= 0.6 is 11.8 Å². The van der Waals surface area contributed by atoms with Gasteiger partial charge in [-0.1, -0.05) is 6.58 Å². The summed E-state index contributed by atoms with van der Waals surface area (Å²) in [6.45, 7) is 6.25. The predicted octanol–water partition coefficient (Wildman–Crippen LogP) is -0.0390. The first-order valence-electron chi connectivity index (χ1n) is 6.54. The number of thioether (sulfide) groups is 1. The third-order valence-corrected chi connectivity index (χ3v) is 4.23. The molecular weight excluding hydrogens is 292 g/mol. The van der Waals surface area contributed by atoms with E-state index in [0.717, 1.165) is 10.5 Å². The van der Waals surface area contributed by atoms with E-state index >= 15 is 0 Å². The zero-order valence-electron chi connectivity index (χ0n) is 12.4. The molecule has 7 nitrogen and oxygen atoms in total. The van der Waals surface area contributed by atoms with Crippen molar-refractivity contribution < 1.29 is 19.3 Å². The molecule has 3 amide bonds. The van der Waals surface area contributed by atoms with Crippen molar-refractivity contribution in [3.63, 3.8) is 0 Å². The van der Waals surface area contributed by atoms with Gasteiger partial charge in [-0.05, 0) is 29.3 Å². The van der Waals surface area contributed by atoms with E-state index in [1.54, 1.807) is 7.05 Å². The number of hydrogen-bond acceptors (Lipinski definition) is 5. The van der Waals surface area contributed by atoms with Crippen LogP contribution < -0.4 is 0 Å². The number of aliphatic hydroxyl groups excluding tert-OH is 1. The molecule has 21 heavy (non-hydrogen) atoms. The van der Waals surface area contributed by atoms with Crippen molar-refractivity contribution in [2.75, 3.05) is 33.0 Å². The molecule has 2 aliphatic rings. The number of amidine groups is 2. The molecule has 0 aromatic rings. The van der Waals surface area contributed by atoms with Gasteiger partial charge in [-0.25, -0.2) is 9.37 Å². The SMILES string of the molecule is C=C(C)C[N+]1=C(SCCO)N=C2C1C(=O)N(C)C(=O)N2C. The van der Waals surface area contributed by atoms with E-state index < -0.39 is 12.1 Å². The van der Waals surface area contributed by atoms with Gasteiger partial charge < -0.3 is 5.11 Å². The third-order valence-electron chi connectivity index (χ3n) is 3.26. The lowest BCUT2D eigenvalue weighted by atomic mass is 10.1. The number of aliphatic hydroxyl groups is 1. The van der Waals surface area contributed by atoms with E-state index in [0.29, 0.717) is 23.3 Å². The number of hydrogen-bond donors (Lipinski definition) is 1. The van der Waals surface area contributed by atoms with Crippen molar-refractivity contribution in [2.24, 2.45) is 4.99 Å². The maximum atomic E-state index is 12.4. The van der Waals surface area contributed by atoms with Crippen molar-refractivity contribution >= 4 is 34.7 Å². The van der Waals surface area contributed by atoms with E-state index in [9.17, 15) is 9.59 Å². The van der Waals surface area contributed by atoms with Gasteiger partial charge in [0.1, 0.15) is 6.54 Å². The Hall–Kier alpha value is -1.67. The average Bonchev–Trinajstić information content (AvgIpc) is 2.78. The summed E-state index contributed by atoms with van der Waals surface area (Å²) < 4.78 is 1.83. The summed E-state index contributed by atoms with van der Waals surface area (Å²) in [4.78, 5) is 31.3. The molecule has 1 N–H and O–H groups in total. The van der Waals surface area contributed by atoms with Gasteiger partial charge in [-0.15, -0.1) is 0 Å². The van der Waals surface area contributed by atoms with Gasteiger partial charge in [0, 0.05) is 19.8 Å². The number of urea groups is 1. The Morgan fingerprint density at radius 2 is 2.10 bits per heavy atom. The molecule has 1 atom stereocenters. The van der Waals surface area contributed by atoms with Gasteiger partial charge in [0.2, 0.25) is 0 Å². The topological polar surface area (TPSA) is 76.2 Å². The van der Waals surface area contributed by atoms with Crippen molar-refractivity contribution in [3.05, 3.63) is 12.2 Å². The normalized spacial score (nSPS) is 21.9.